The number of hydrogen-bond acceptors (Lipinski definition) is 2. The van der Waals surface area contributed by atoms with Crippen LogP contribution in [0, 0.1) is 5.82 Å². The minimum absolute atomic E-state index is 0.320. The molecule has 0 saturated heterocycles. The zero-order valence-corrected chi connectivity index (χ0v) is 12.8. The highest BCUT2D eigenvalue weighted by molar-refractivity contribution is 9.10. The van der Waals surface area contributed by atoms with Crippen molar-refractivity contribution in [3.8, 4) is 0 Å². The maximum atomic E-state index is 13.3. The van der Waals surface area contributed by atoms with Gasteiger partial charge in [0.25, 0.3) is 0 Å². The Hall–Kier alpha value is -2.14. The molecule has 5 heteroatoms. The van der Waals surface area contributed by atoms with E-state index in [4.69, 9.17) is 5.11 Å². The van der Waals surface area contributed by atoms with E-state index in [2.05, 4.69) is 15.9 Å². The van der Waals surface area contributed by atoms with Gasteiger partial charge < -0.3 is 10.0 Å². The number of rotatable bonds is 4. The average molecular weight is 350 g/mol. The summed E-state index contributed by atoms with van der Waals surface area (Å²) >= 11 is 3.36. The quantitative estimate of drug-likeness (QED) is 0.828. The van der Waals surface area contributed by atoms with Crippen LogP contribution in [-0.2, 0) is 4.79 Å². The fourth-order valence-electron chi connectivity index (χ4n) is 1.95. The van der Waals surface area contributed by atoms with E-state index >= 15 is 0 Å². The van der Waals surface area contributed by atoms with E-state index in [0.29, 0.717) is 5.69 Å². The van der Waals surface area contributed by atoms with Gasteiger partial charge in [0.2, 0.25) is 0 Å². The zero-order chi connectivity index (χ0) is 15.4. The second kappa shape index (κ2) is 6.54. The average Bonchev–Trinajstić information content (AvgIpc) is 2.44. The van der Waals surface area contributed by atoms with Gasteiger partial charge in [-0.05, 0) is 48.0 Å². The van der Waals surface area contributed by atoms with Crippen molar-refractivity contribution in [3.63, 3.8) is 0 Å². The normalized spacial score (nSPS) is 10.8. The van der Waals surface area contributed by atoms with Crippen molar-refractivity contribution < 1.29 is 14.3 Å². The second-order valence-corrected chi connectivity index (χ2v) is 5.33. The third-order valence-electron chi connectivity index (χ3n) is 2.95. The molecule has 2 aromatic rings. The molecular formula is C16H13BrFNO2. The van der Waals surface area contributed by atoms with Crippen LogP contribution in [0.3, 0.4) is 0 Å². The van der Waals surface area contributed by atoms with Crippen LogP contribution in [-0.4, -0.2) is 18.1 Å². The molecule has 0 heterocycles. The van der Waals surface area contributed by atoms with Crippen molar-refractivity contribution in [1.82, 2.24) is 0 Å². The van der Waals surface area contributed by atoms with Crippen molar-refractivity contribution in [2.45, 2.75) is 0 Å². The smallest absolute Gasteiger partial charge is 0.328 e. The van der Waals surface area contributed by atoms with Crippen molar-refractivity contribution in [1.29, 1.82) is 0 Å². The van der Waals surface area contributed by atoms with Crippen molar-refractivity contribution in [2.75, 3.05) is 11.9 Å². The molecule has 0 aliphatic heterocycles. The predicted molar refractivity (Wildman–Crippen MR) is 85.3 cm³/mol. The molecular weight excluding hydrogens is 337 g/mol. The van der Waals surface area contributed by atoms with Crippen molar-refractivity contribution >= 4 is 39.4 Å². The number of carbonyl (C=O) groups is 1. The molecule has 0 atom stereocenters. The lowest BCUT2D eigenvalue weighted by Crippen LogP contribution is -2.11. The summed E-state index contributed by atoms with van der Waals surface area (Å²) in [6.07, 6.45) is 2.59. The van der Waals surface area contributed by atoms with E-state index in [0.717, 1.165) is 21.8 Å². The highest BCUT2D eigenvalue weighted by atomic mass is 79.9. The maximum Gasteiger partial charge on any atom is 0.328 e. The van der Waals surface area contributed by atoms with Crippen molar-refractivity contribution in [2.24, 2.45) is 0 Å². The molecule has 0 fully saturated rings. The standard InChI is InChI=1S/C16H13BrFNO2/c1-19(14-4-2-3-13(18)10-14)15-7-6-12(17)9-11(15)5-8-16(20)21/h2-10H,1H3,(H,20,21)/b8-5+. The Kier molecular flexibility index (Phi) is 4.75. The first kappa shape index (κ1) is 15.3. The van der Waals surface area contributed by atoms with Crippen LogP contribution in [0.15, 0.2) is 53.0 Å². The molecule has 0 radical (unpaired) electrons. The number of carboxylic acid groups (broad SMARTS) is 1. The van der Waals surface area contributed by atoms with E-state index < -0.39 is 5.97 Å². The summed E-state index contributed by atoms with van der Waals surface area (Å²) in [5.74, 6) is -1.34. The Morgan fingerprint density at radius 3 is 2.71 bits per heavy atom. The first-order valence-corrected chi connectivity index (χ1v) is 6.96. The molecule has 0 unspecified atom stereocenters. The van der Waals surface area contributed by atoms with Gasteiger partial charge in [0.15, 0.2) is 0 Å². The van der Waals surface area contributed by atoms with Crippen LogP contribution in [0.5, 0.6) is 0 Å². The summed E-state index contributed by atoms with van der Waals surface area (Å²) in [4.78, 5) is 12.5. The van der Waals surface area contributed by atoms with E-state index in [1.165, 1.54) is 18.2 Å². The molecule has 0 aromatic heterocycles. The second-order valence-electron chi connectivity index (χ2n) is 4.41. The lowest BCUT2D eigenvalue weighted by atomic mass is 10.1. The Morgan fingerprint density at radius 2 is 2.05 bits per heavy atom. The summed E-state index contributed by atoms with van der Waals surface area (Å²) in [6, 6.07) is 11.7. The van der Waals surface area contributed by atoms with Gasteiger partial charge in [-0.15, -0.1) is 0 Å². The molecule has 0 spiro atoms. The largest absolute Gasteiger partial charge is 0.478 e. The molecule has 0 bridgehead atoms. The van der Waals surface area contributed by atoms with E-state index in [1.54, 1.807) is 24.1 Å². The van der Waals surface area contributed by atoms with Crippen LogP contribution < -0.4 is 4.90 Å². The molecule has 2 rings (SSSR count). The van der Waals surface area contributed by atoms with Gasteiger partial charge in [-0.1, -0.05) is 22.0 Å². The van der Waals surface area contributed by atoms with E-state index in [-0.39, 0.29) is 5.82 Å². The van der Waals surface area contributed by atoms with Gasteiger partial charge in [0, 0.05) is 29.0 Å². The van der Waals surface area contributed by atoms with Crippen LogP contribution in [0.2, 0.25) is 0 Å². The third kappa shape index (κ3) is 3.92. The number of carboxylic acids is 1. The lowest BCUT2D eigenvalue weighted by Gasteiger charge is -2.22. The monoisotopic (exact) mass is 349 g/mol. The van der Waals surface area contributed by atoms with Gasteiger partial charge in [-0.25, -0.2) is 9.18 Å². The highest BCUT2D eigenvalue weighted by Crippen LogP contribution is 2.30. The summed E-state index contributed by atoms with van der Waals surface area (Å²) in [5.41, 5.74) is 2.18. The lowest BCUT2D eigenvalue weighted by molar-refractivity contribution is -0.131. The van der Waals surface area contributed by atoms with E-state index in [1.807, 2.05) is 18.2 Å². The van der Waals surface area contributed by atoms with Gasteiger partial charge in [-0.3, -0.25) is 0 Å². The zero-order valence-electron chi connectivity index (χ0n) is 11.3. The third-order valence-corrected chi connectivity index (χ3v) is 3.45. The summed E-state index contributed by atoms with van der Waals surface area (Å²) in [6.45, 7) is 0. The number of anilines is 2. The SMILES string of the molecule is CN(c1cccc(F)c1)c1ccc(Br)cc1/C=C/C(=O)O. The summed E-state index contributed by atoms with van der Waals surface area (Å²) in [5, 5.41) is 8.77. The molecule has 0 amide bonds. The molecule has 21 heavy (non-hydrogen) atoms. The van der Waals surface area contributed by atoms with Crippen LogP contribution in [0.4, 0.5) is 15.8 Å². The molecule has 0 aliphatic rings. The molecule has 0 saturated carbocycles. The number of benzene rings is 2. The summed E-state index contributed by atoms with van der Waals surface area (Å²) in [7, 11) is 1.80. The molecule has 1 N–H and O–H groups in total. The highest BCUT2D eigenvalue weighted by Gasteiger charge is 2.09. The van der Waals surface area contributed by atoms with Gasteiger partial charge in [0.05, 0.1) is 0 Å². The number of hydrogen-bond donors (Lipinski definition) is 1. The maximum absolute atomic E-state index is 13.3. The molecule has 2 aromatic carbocycles. The Labute approximate surface area is 130 Å². The topological polar surface area (TPSA) is 40.5 Å². The number of nitrogens with zero attached hydrogens (tertiary/aromatic N) is 1. The number of aliphatic carboxylic acids is 1. The first-order chi connectivity index (χ1) is 9.97. The molecule has 0 aliphatic carbocycles. The molecule has 3 nitrogen and oxygen atoms in total. The van der Waals surface area contributed by atoms with Crippen LogP contribution >= 0.6 is 15.9 Å². The Morgan fingerprint density at radius 1 is 1.29 bits per heavy atom. The Bertz CT molecular complexity index is 700. The van der Waals surface area contributed by atoms with Gasteiger partial charge in [-0.2, -0.15) is 0 Å². The van der Waals surface area contributed by atoms with Crippen LogP contribution in [0.25, 0.3) is 6.08 Å². The van der Waals surface area contributed by atoms with E-state index in [9.17, 15) is 9.18 Å². The molecule has 108 valence electrons. The first-order valence-electron chi connectivity index (χ1n) is 6.17. The fraction of sp³-hybridized carbons (Fsp3) is 0.0625. The van der Waals surface area contributed by atoms with Crippen LogP contribution in [0.1, 0.15) is 5.56 Å². The van der Waals surface area contributed by atoms with Crippen molar-refractivity contribution in [3.05, 3.63) is 64.4 Å². The summed E-state index contributed by atoms with van der Waals surface area (Å²) < 4.78 is 14.2. The van der Waals surface area contributed by atoms with Gasteiger partial charge >= 0.3 is 5.97 Å². The Balaban J connectivity index is 2.45. The number of halogens is 2. The fourth-order valence-corrected chi connectivity index (χ4v) is 2.33. The predicted octanol–water partition coefficient (Wildman–Crippen LogP) is 4.45. The van der Waals surface area contributed by atoms with Gasteiger partial charge in [0.1, 0.15) is 5.82 Å². The minimum atomic E-state index is -1.02. The minimum Gasteiger partial charge on any atom is -0.478 e.